The standard InChI is InChI=1S/C14H16FN5/c15-11-4-6-12(7-5-11)17-14-18-13(10-16-19-14)20-8-2-1-3-9-20/h4-7,10H,1-3,8-9H2,(H,17,18,19). The van der Waals surface area contributed by atoms with Gasteiger partial charge in [-0.15, -0.1) is 5.10 Å². The van der Waals surface area contributed by atoms with Gasteiger partial charge in [-0.05, 0) is 43.5 Å². The first-order valence-electron chi connectivity index (χ1n) is 6.78. The predicted molar refractivity (Wildman–Crippen MR) is 75.6 cm³/mol. The molecule has 1 fully saturated rings. The number of piperidine rings is 1. The Morgan fingerprint density at radius 2 is 1.80 bits per heavy atom. The van der Waals surface area contributed by atoms with Crippen molar-refractivity contribution in [2.24, 2.45) is 0 Å². The highest BCUT2D eigenvalue weighted by molar-refractivity contribution is 5.54. The van der Waals surface area contributed by atoms with E-state index in [9.17, 15) is 4.39 Å². The van der Waals surface area contributed by atoms with Crippen molar-refractivity contribution in [1.82, 2.24) is 15.2 Å². The van der Waals surface area contributed by atoms with Gasteiger partial charge in [0.25, 0.3) is 0 Å². The summed E-state index contributed by atoms with van der Waals surface area (Å²) in [5, 5.41) is 11.0. The van der Waals surface area contributed by atoms with Crippen molar-refractivity contribution < 1.29 is 4.39 Å². The molecule has 1 aliphatic rings. The molecule has 2 aromatic rings. The number of nitrogens with zero attached hydrogens (tertiary/aromatic N) is 4. The van der Waals surface area contributed by atoms with Crippen LogP contribution in [0.25, 0.3) is 0 Å². The molecule has 2 heterocycles. The Kier molecular flexibility index (Phi) is 3.71. The highest BCUT2D eigenvalue weighted by Crippen LogP contribution is 2.19. The van der Waals surface area contributed by atoms with Gasteiger partial charge in [0.15, 0.2) is 5.82 Å². The Balaban J connectivity index is 1.75. The Morgan fingerprint density at radius 3 is 2.55 bits per heavy atom. The predicted octanol–water partition coefficient (Wildman–Crippen LogP) is 2.74. The molecule has 0 unspecified atom stereocenters. The first-order chi connectivity index (χ1) is 9.81. The number of halogens is 1. The highest BCUT2D eigenvalue weighted by Gasteiger charge is 2.13. The summed E-state index contributed by atoms with van der Waals surface area (Å²) in [5.41, 5.74) is 0.740. The second-order valence-corrected chi connectivity index (χ2v) is 4.82. The third-order valence-corrected chi connectivity index (χ3v) is 3.33. The van der Waals surface area contributed by atoms with E-state index < -0.39 is 0 Å². The van der Waals surface area contributed by atoms with Gasteiger partial charge in [0, 0.05) is 18.8 Å². The molecule has 1 aromatic carbocycles. The van der Waals surface area contributed by atoms with Crippen molar-refractivity contribution in [2.75, 3.05) is 23.3 Å². The van der Waals surface area contributed by atoms with Gasteiger partial charge < -0.3 is 10.2 Å². The molecule has 3 rings (SSSR count). The summed E-state index contributed by atoms with van der Waals surface area (Å²) in [6, 6.07) is 6.08. The minimum Gasteiger partial charge on any atom is -0.355 e. The Bertz CT molecular complexity index is 566. The third-order valence-electron chi connectivity index (χ3n) is 3.33. The molecule has 20 heavy (non-hydrogen) atoms. The van der Waals surface area contributed by atoms with E-state index in [4.69, 9.17) is 0 Å². The molecule has 0 radical (unpaired) electrons. The molecule has 1 N–H and O–H groups in total. The summed E-state index contributed by atoms with van der Waals surface area (Å²) in [6.45, 7) is 2.02. The molecule has 0 saturated carbocycles. The van der Waals surface area contributed by atoms with Crippen molar-refractivity contribution in [1.29, 1.82) is 0 Å². The van der Waals surface area contributed by atoms with E-state index in [1.165, 1.54) is 31.4 Å². The SMILES string of the molecule is Fc1ccc(Nc2nncc(N3CCCCC3)n2)cc1. The van der Waals surface area contributed by atoms with Gasteiger partial charge in [0.2, 0.25) is 5.95 Å². The fourth-order valence-corrected chi connectivity index (χ4v) is 2.29. The second-order valence-electron chi connectivity index (χ2n) is 4.82. The smallest absolute Gasteiger partial charge is 0.249 e. The van der Waals surface area contributed by atoms with E-state index in [-0.39, 0.29) is 5.82 Å². The molecule has 0 aliphatic carbocycles. The van der Waals surface area contributed by atoms with Crippen molar-refractivity contribution in [2.45, 2.75) is 19.3 Å². The number of rotatable bonds is 3. The first kappa shape index (κ1) is 12.8. The molecule has 1 aliphatic heterocycles. The Hall–Kier alpha value is -2.24. The molecule has 0 atom stereocenters. The molecule has 0 amide bonds. The fourth-order valence-electron chi connectivity index (χ4n) is 2.29. The van der Waals surface area contributed by atoms with Crippen LogP contribution in [0.4, 0.5) is 21.8 Å². The molecular weight excluding hydrogens is 257 g/mol. The van der Waals surface area contributed by atoms with Crippen molar-refractivity contribution in [3.63, 3.8) is 0 Å². The quantitative estimate of drug-likeness (QED) is 0.932. The summed E-state index contributed by atoms with van der Waals surface area (Å²) in [4.78, 5) is 6.68. The third kappa shape index (κ3) is 3.01. The minimum atomic E-state index is -0.267. The van der Waals surface area contributed by atoms with Crippen LogP contribution in [0.2, 0.25) is 0 Å². The second kappa shape index (κ2) is 5.81. The van der Waals surface area contributed by atoms with Crippen LogP contribution in [0.3, 0.4) is 0 Å². The van der Waals surface area contributed by atoms with E-state index in [0.29, 0.717) is 5.95 Å². The zero-order chi connectivity index (χ0) is 13.8. The molecule has 5 nitrogen and oxygen atoms in total. The largest absolute Gasteiger partial charge is 0.355 e. The molecule has 0 spiro atoms. The van der Waals surface area contributed by atoms with E-state index in [1.54, 1.807) is 18.3 Å². The number of hydrogen-bond acceptors (Lipinski definition) is 5. The van der Waals surface area contributed by atoms with E-state index in [2.05, 4.69) is 25.4 Å². The van der Waals surface area contributed by atoms with Gasteiger partial charge in [-0.25, -0.2) is 4.39 Å². The molecule has 104 valence electrons. The average molecular weight is 273 g/mol. The van der Waals surface area contributed by atoms with Crippen LogP contribution in [0, 0.1) is 5.82 Å². The van der Waals surface area contributed by atoms with E-state index >= 15 is 0 Å². The normalized spacial score (nSPS) is 15.2. The Morgan fingerprint density at radius 1 is 1.05 bits per heavy atom. The van der Waals surface area contributed by atoms with Crippen LogP contribution in [0.1, 0.15) is 19.3 Å². The maximum absolute atomic E-state index is 12.9. The van der Waals surface area contributed by atoms with Crippen LogP contribution < -0.4 is 10.2 Å². The number of benzene rings is 1. The molecule has 6 heteroatoms. The lowest BCUT2D eigenvalue weighted by atomic mass is 10.1. The van der Waals surface area contributed by atoms with Gasteiger partial charge in [-0.2, -0.15) is 10.1 Å². The lowest BCUT2D eigenvalue weighted by molar-refractivity contribution is 0.572. The van der Waals surface area contributed by atoms with Gasteiger partial charge >= 0.3 is 0 Å². The topological polar surface area (TPSA) is 53.9 Å². The first-order valence-corrected chi connectivity index (χ1v) is 6.78. The van der Waals surface area contributed by atoms with Gasteiger partial charge in [-0.1, -0.05) is 0 Å². The maximum atomic E-state index is 12.9. The molecule has 0 bridgehead atoms. The summed E-state index contributed by atoms with van der Waals surface area (Å²) in [5.74, 6) is 1.00. The number of nitrogens with one attached hydrogen (secondary N) is 1. The maximum Gasteiger partial charge on any atom is 0.249 e. The van der Waals surface area contributed by atoms with Crippen molar-refractivity contribution in [3.05, 3.63) is 36.3 Å². The Labute approximate surface area is 116 Å². The fraction of sp³-hybridized carbons (Fsp3) is 0.357. The van der Waals surface area contributed by atoms with Gasteiger partial charge in [-0.3, -0.25) is 0 Å². The van der Waals surface area contributed by atoms with E-state index in [1.807, 2.05) is 0 Å². The van der Waals surface area contributed by atoms with Gasteiger partial charge in [0.05, 0.1) is 6.20 Å². The van der Waals surface area contributed by atoms with Crippen molar-refractivity contribution >= 4 is 17.5 Å². The van der Waals surface area contributed by atoms with Crippen LogP contribution >= 0.6 is 0 Å². The summed E-state index contributed by atoms with van der Waals surface area (Å²) >= 11 is 0. The van der Waals surface area contributed by atoms with Crippen LogP contribution in [0.5, 0.6) is 0 Å². The summed E-state index contributed by atoms with van der Waals surface area (Å²) < 4.78 is 12.9. The number of aromatic nitrogens is 3. The van der Waals surface area contributed by atoms with Crippen LogP contribution in [-0.4, -0.2) is 28.3 Å². The lowest BCUT2D eigenvalue weighted by Gasteiger charge is -2.27. The lowest BCUT2D eigenvalue weighted by Crippen LogP contribution is -2.30. The molecule has 1 saturated heterocycles. The highest BCUT2D eigenvalue weighted by atomic mass is 19.1. The summed E-state index contributed by atoms with van der Waals surface area (Å²) in [6.07, 6.45) is 5.33. The van der Waals surface area contributed by atoms with E-state index in [0.717, 1.165) is 24.6 Å². The van der Waals surface area contributed by atoms with Crippen molar-refractivity contribution in [3.8, 4) is 0 Å². The average Bonchev–Trinajstić information content (AvgIpc) is 2.51. The number of hydrogen-bond donors (Lipinski definition) is 1. The molecule has 1 aromatic heterocycles. The van der Waals surface area contributed by atoms with Crippen LogP contribution in [-0.2, 0) is 0 Å². The van der Waals surface area contributed by atoms with Crippen LogP contribution in [0.15, 0.2) is 30.5 Å². The number of anilines is 3. The minimum absolute atomic E-state index is 0.267. The monoisotopic (exact) mass is 273 g/mol. The summed E-state index contributed by atoms with van der Waals surface area (Å²) in [7, 11) is 0. The zero-order valence-electron chi connectivity index (χ0n) is 11.1. The molecular formula is C14H16FN5. The van der Waals surface area contributed by atoms with Gasteiger partial charge in [0.1, 0.15) is 5.82 Å². The zero-order valence-corrected chi connectivity index (χ0v) is 11.1.